The Balaban J connectivity index is 1.68. The molecule has 0 unspecified atom stereocenters. The van der Waals surface area contributed by atoms with Gasteiger partial charge in [-0.2, -0.15) is 0 Å². The molecule has 1 aromatic heterocycles. The zero-order valence-electron chi connectivity index (χ0n) is 16.0. The fourth-order valence-corrected chi connectivity index (χ4v) is 4.16. The molecule has 6 nitrogen and oxygen atoms in total. The number of nitrogens with one attached hydrogen (secondary N) is 2. The summed E-state index contributed by atoms with van der Waals surface area (Å²) in [6.45, 7) is 7.51. The lowest BCUT2D eigenvalue weighted by molar-refractivity contribution is 0.267. The van der Waals surface area contributed by atoms with Crippen molar-refractivity contribution >= 4 is 15.7 Å². The Labute approximate surface area is 161 Å². The highest BCUT2D eigenvalue weighted by atomic mass is 32.2. The molecule has 1 atom stereocenters. The minimum absolute atomic E-state index is 0.235. The van der Waals surface area contributed by atoms with Crippen molar-refractivity contribution in [3.8, 4) is 5.88 Å². The summed E-state index contributed by atoms with van der Waals surface area (Å²) < 4.78 is 33.6. The molecule has 2 aromatic rings. The number of nitrogens with zero attached hydrogens (tertiary/aromatic N) is 1. The Kier molecular flexibility index (Phi) is 6.01. The third kappa shape index (κ3) is 4.99. The molecule has 1 saturated heterocycles. The highest BCUT2D eigenvalue weighted by Crippen LogP contribution is 2.23. The van der Waals surface area contributed by atoms with Crippen LogP contribution in [0.5, 0.6) is 5.88 Å². The Morgan fingerprint density at radius 2 is 1.96 bits per heavy atom. The number of sulfonamides is 1. The summed E-state index contributed by atoms with van der Waals surface area (Å²) in [5.74, 6) is 0.860. The van der Waals surface area contributed by atoms with Crippen molar-refractivity contribution in [2.45, 2.75) is 50.5 Å². The third-order valence-electron chi connectivity index (χ3n) is 4.76. The van der Waals surface area contributed by atoms with Crippen molar-refractivity contribution in [1.82, 2.24) is 10.3 Å². The van der Waals surface area contributed by atoms with Crippen LogP contribution < -0.4 is 14.8 Å². The highest BCUT2D eigenvalue weighted by molar-refractivity contribution is 7.92. The number of hydrogen-bond acceptors (Lipinski definition) is 5. The molecule has 0 spiro atoms. The molecule has 7 heteroatoms. The van der Waals surface area contributed by atoms with E-state index in [2.05, 4.69) is 28.9 Å². The predicted molar refractivity (Wildman–Crippen MR) is 107 cm³/mol. The largest absolute Gasteiger partial charge is 0.476 e. The Morgan fingerprint density at radius 3 is 2.56 bits per heavy atom. The van der Waals surface area contributed by atoms with Crippen LogP contribution in [0.4, 0.5) is 5.69 Å². The molecule has 146 valence electrons. The van der Waals surface area contributed by atoms with Gasteiger partial charge in [-0.05, 0) is 56.0 Å². The molecule has 1 aliphatic rings. The van der Waals surface area contributed by atoms with Crippen LogP contribution in [-0.2, 0) is 10.0 Å². The maximum absolute atomic E-state index is 12.6. The van der Waals surface area contributed by atoms with Crippen LogP contribution in [0.15, 0.2) is 41.3 Å². The van der Waals surface area contributed by atoms with Gasteiger partial charge in [0.05, 0.1) is 16.3 Å². The summed E-state index contributed by atoms with van der Waals surface area (Å²) >= 11 is 0. The number of anilines is 1. The number of rotatable bonds is 7. The third-order valence-corrected chi connectivity index (χ3v) is 6.14. The zero-order valence-corrected chi connectivity index (χ0v) is 16.8. The first-order valence-corrected chi connectivity index (χ1v) is 10.8. The van der Waals surface area contributed by atoms with Gasteiger partial charge in [0.15, 0.2) is 0 Å². The smallest absolute Gasteiger partial charge is 0.261 e. The number of aryl methyl sites for hydroxylation is 1. The molecule has 0 amide bonds. The molecule has 3 rings (SSSR count). The van der Waals surface area contributed by atoms with Gasteiger partial charge in [0.25, 0.3) is 10.0 Å². The van der Waals surface area contributed by atoms with Crippen molar-refractivity contribution in [2.24, 2.45) is 0 Å². The van der Waals surface area contributed by atoms with E-state index < -0.39 is 10.0 Å². The van der Waals surface area contributed by atoms with E-state index in [4.69, 9.17) is 4.74 Å². The van der Waals surface area contributed by atoms with E-state index in [0.29, 0.717) is 35.8 Å². The fraction of sp³-hybridized carbons (Fsp3) is 0.450. The summed E-state index contributed by atoms with van der Waals surface area (Å²) in [6, 6.07) is 10.7. The fourth-order valence-electron chi connectivity index (χ4n) is 3.05. The summed E-state index contributed by atoms with van der Waals surface area (Å²) in [7, 11) is -3.66. The quantitative estimate of drug-likeness (QED) is 0.758. The predicted octanol–water partition coefficient (Wildman–Crippen LogP) is 3.45. The molecule has 0 aliphatic carbocycles. The van der Waals surface area contributed by atoms with Crippen molar-refractivity contribution < 1.29 is 13.2 Å². The Hall–Kier alpha value is -2.12. The molecular weight excluding hydrogens is 362 g/mol. The SMILES string of the molecule is Cc1nc(OC[C@H]2CCCN2)ccc1NS(=O)(=O)c1ccc(C(C)C)cc1. The molecule has 2 N–H and O–H groups in total. The van der Waals surface area contributed by atoms with E-state index in [1.54, 1.807) is 31.2 Å². The van der Waals surface area contributed by atoms with Crippen LogP contribution in [0.2, 0.25) is 0 Å². The van der Waals surface area contributed by atoms with Gasteiger partial charge in [-0.1, -0.05) is 26.0 Å². The molecule has 27 heavy (non-hydrogen) atoms. The van der Waals surface area contributed by atoms with E-state index in [1.807, 2.05) is 12.1 Å². The van der Waals surface area contributed by atoms with Crippen LogP contribution in [0, 0.1) is 6.92 Å². The molecule has 2 heterocycles. The Morgan fingerprint density at radius 1 is 1.22 bits per heavy atom. The summed E-state index contributed by atoms with van der Waals surface area (Å²) in [6.07, 6.45) is 2.27. The van der Waals surface area contributed by atoms with Gasteiger partial charge in [-0.3, -0.25) is 4.72 Å². The molecule has 1 fully saturated rings. The van der Waals surface area contributed by atoms with Crippen LogP contribution in [-0.4, -0.2) is 32.6 Å². The van der Waals surface area contributed by atoms with Crippen LogP contribution in [0.1, 0.15) is 43.9 Å². The average Bonchev–Trinajstić information content (AvgIpc) is 3.15. The lowest BCUT2D eigenvalue weighted by Gasteiger charge is -2.14. The molecule has 1 aliphatic heterocycles. The van der Waals surface area contributed by atoms with Crippen LogP contribution in [0.25, 0.3) is 0 Å². The van der Waals surface area contributed by atoms with Crippen LogP contribution in [0.3, 0.4) is 0 Å². The minimum Gasteiger partial charge on any atom is -0.476 e. The molecule has 0 bridgehead atoms. The summed E-state index contributed by atoms with van der Waals surface area (Å²) in [4.78, 5) is 4.61. The maximum Gasteiger partial charge on any atom is 0.261 e. The summed E-state index contributed by atoms with van der Waals surface area (Å²) in [5.41, 5.74) is 2.13. The van der Waals surface area contributed by atoms with Crippen LogP contribution >= 0.6 is 0 Å². The van der Waals surface area contributed by atoms with E-state index in [1.165, 1.54) is 6.42 Å². The second-order valence-electron chi connectivity index (χ2n) is 7.22. The zero-order chi connectivity index (χ0) is 19.4. The number of benzene rings is 1. The standard InChI is InChI=1S/C20H27N3O3S/c1-14(2)16-6-8-18(9-7-16)27(24,25)23-19-10-11-20(22-15(19)3)26-13-17-5-4-12-21-17/h6-11,14,17,21,23H,4-5,12-13H2,1-3H3/t17-/m1/s1. The first-order chi connectivity index (χ1) is 12.8. The van der Waals surface area contributed by atoms with Crippen molar-refractivity contribution in [2.75, 3.05) is 17.9 Å². The summed E-state index contributed by atoms with van der Waals surface area (Å²) in [5, 5.41) is 3.37. The van der Waals surface area contributed by atoms with Gasteiger partial charge < -0.3 is 10.1 Å². The lowest BCUT2D eigenvalue weighted by atomic mass is 10.0. The van der Waals surface area contributed by atoms with Crippen molar-refractivity contribution in [3.63, 3.8) is 0 Å². The molecule has 0 radical (unpaired) electrons. The molecular formula is C20H27N3O3S. The Bertz CT molecular complexity index is 874. The second-order valence-corrected chi connectivity index (χ2v) is 8.90. The van der Waals surface area contributed by atoms with Gasteiger partial charge in [-0.15, -0.1) is 0 Å². The van der Waals surface area contributed by atoms with Gasteiger partial charge in [0, 0.05) is 12.1 Å². The average molecular weight is 390 g/mol. The van der Waals surface area contributed by atoms with E-state index in [-0.39, 0.29) is 4.90 Å². The first kappa shape index (κ1) is 19.6. The monoisotopic (exact) mass is 389 g/mol. The van der Waals surface area contributed by atoms with Crippen molar-refractivity contribution in [1.29, 1.82) is 0 Å². The number of pyridine rings is 1. The lowest BCUT2D eigenvalue weighted by Crippen LogP contribution is -2.28. The number of aromatic nitrogens is 1. The van der Waals surface area contributed by atoms with E-state index in [9.17, 15) is 8.42 Å². The normalized spacial score (nSPS) is 17.3. The number of ether oxygens (including phenoxy) is 1. The van der Waals surface area contributed by atoms with Crippen molar-refractivity contribution in [3.05, 3.63) is 47.7 Å². The van der Waals surface area contributed by atoms with Gasteiger partial charge in [0.1, 0.15) is 6.61 Å². The topological polar surface area (TPSA) is 80.3 Å². The minimum atomic E-state index is -3.66. The highest BCUT2D eigenvalue weighted by Gasteiger charge is 2.17. The van der Waals surface area contributed by atoms with Gasteiger partial charge >= 0.3 is 0 Å². The van der Waals surface area contributed by atoms with E-state index >= 15 is 0 Å². The van der Waals surface area contributed by atoms with Gasteiger partial charge in [-0.25, -0.2) is 13.4 Å². The van der Waals surface area contributed by atoms with Gasteiger partial charge in [0.2, 0.25) is 5.88 Å². The first-order valence-electron chi connectivity index (χ1n) is 9.32. The molecule has 0 saturated carbocycles. The number of hydrogen-bond donors (Lipinski definition) is 2. The second kappa shape index (κ2) is 8.27. The van der Waals surface area contributed by atoms with E-state index in [0.717, 1.165) is 18.5 Å². The molecule has 1 aromatic carbocycles. The maximum atomic E-state index is 12.6.